The molecule has 2 aromatic carbocycles. The molecule has 0 radical (unpaired) electrons. The first kappa shape index (κ1) is 98.0. The smallest absolute Gasteiger partial charge is 0.312 e. The van der Waals surface area contributed by atoms with Gasteiger partial charge in [0.05, 0.1) is 107 Å². The van der Waals surface area contributed by atoms with Gasteiger partial charge in [0.1, 0.15) is 52.6 Å². The summed E-state index contributed by atoms with van der Waals surface area (Å²) in [5.41, 5.74) is -5.07. The van der Waals surface area contributed by atoms with Gasteiger partial charge in [-0.1, -0.05) is 92.6 Å². The number of carbonyl (C=O) groups excluding carboxylic acids is 4. The number of rotatable bonds is 17. The van der Waals surface area contributed by atoms with E-state index < -0.39 is 185 Å². The fourth-order valence-corrected chi connectivity index (χ4v) is 18.1. The molecule has 4 bridgehead atoms. The minimum absolute atomic E-state index is 0.0307. The number of Topliss-reactive ketones (excluding diaryl/α,β-unsaturated/α-hetero) is 1. The molecule has 7 aliphatic rings. The maximum absolute atomic E-state index is 14.7. The number of nitrogens with one attached hydrogen (secondary N) is 1. The highest BCUT2D eigenvalue weighted by atomic mass is 16.7. The van der Waals surface area contributed by atoms with Crippen molar-refractivity contribution in [3.63, 3.8) is 0 Å². The molecule has 4 fully saturated rings. The molecule has 0 saturated carbocycles. The van der Waals surface area contributed by atoms with Crippen molar-refractivity contribution in [2.75, 3.05) is 80.4 Å². The van der Waals surface area contributed by atoms with Crippen LogP contribution in [-0.4, -0.2) is 280 Å². The standard InChI is InChI=1S/C46H62N4O11.C41H76N2O15/c1-22(2)21-50-18-16-46(17-19-50)48-34-31-32-39(54)28(8)42-33(31)43(56)45(10,61-42)59-20-15-30(58-11)25(5)41(60-29(9)51)27(7)38(53)26(6)37(52)23(3)13-12-14-24(4)44(57)47-36(40(32)55)35(34)49-46;1-15-29-41(10,49)34(45)24(4)31(42-53-21-52-17-16-50-13)22(2)19-39(8,48)36(58-38-32(44)28(43(11)12)18-23(3)54-38)25(5)33(26(6)37(47)56-29)57-30-20-40(9,51-14)35(46)27(7)55-30/h12-15,20,22-23,25-27,30,37-38,41,52-55H,16-19,21H2,1-11H3,(H,47,57);22-30,32-36,38,44-46,48-49H,15-21H2,1-14H3/b13-12+,20-15+,24-14-;42-31+/t23-,25+,26+,27+,30-,37-,38+,41+,45-;22-,23?,24+,25+,26-,27?,28?,29-,30?,32?,33+,34-,35?,36-,38?,39-,40?,41-/m01/s1. The maximum Gasteiger partial charge on any atom is 0.312 e. The van der Waals surface area contributed by atoms with Crippen molar-refractivity contribution in [1.29, 1.82) is 0 Å². The van der Waals surface area contributed by atoms with E-state index in [0.29, 0.717) is 50.6 Å². The minimum atomic E-state index is -1.97. The quantitative estimate of drug-likeness (QED) is 0.0251. The molecule has 7 aliphatic heterocycles. The van der Waals surface area contributed by atoms with Crippen molar-refractivity contribution >= 4 is 45.8 Å². The number of oxime groups is 1. The number of ketones is 1. The number of hydrogen-bond acceptors (Lipinski definition) is 31. The van der Waals surface area contributed by atoms with Crippen LogP contribution in [0.2, 0.25) is 0 Å². The molecule has 1 amide bonds. The third-order valence-corrected chi connectivity index (χ3v) is 25.5. The van der Waals surface area contributed by atoms with Gasteiger partial charge in [-0.2, -0.15) is 0 Å². The zero-order valence-electron chi connectivity index (χ0n) is 74.4. The molecule has 1 spiro atoms. The van der Waals surface area contributed by atoms with Crippen molar-refractivity contribution in [2.45, 2.75) is 297 Å². The highest BCUT2D eigenvalue weighted by molar-refractivity contribution is 6.19. The summed E-state index contributed by atoms with van der Waals surface area (Å²) < 4.78 is 72.1. The lowest BCUT2D eigenvalue weighted by Crippen LogP contribution is -2.61. The number of phenolic OH excluding ortho intramolecular Hbond substituents is 2. The maximum atomic E-state index is 14.7. The monoisotopic (exact) mass is 1680 g/mol. The van der Waals surface area contributed by atoms with Crippen LogP contribution in [-0.2, 0) is 71.3 Å². The van der Waals surface area contributed by atoms with Crippen LogP contribution in [0.3, 0.4) is 0 Å². The highest BCUT2D eigenvalue weighted by Crippen LogP contribution is 2.51. The molecule has 119 heavy (non-hydrogen) atoms. The van der Waals surface area contributed by atoms with Gasteiger partial charge in [-0.05, 0) is 101 Å². The van der Waals surface area contributed by atoms with Crippen LogP contribution >= 0.6 is 0 Å². The molecule has 32 heteroatoms. The lowest BCUT2D eigenvalue weighted by molar-refractivity contribution is -0.317. The van der Waals surface area contributed by atoms with E-state index in [0.717, 1.165) is 6.54 Å². The molecule has 0 aliphatic carbocycles. The number of aliphatic hydroxyl groups excluding tert-OH is 5. The van der Waals surface area contributed by atoms with E-state index >= 15 is 0 Å². The Kier molecular flexibility index (Phi) is 33.4. The second-order valence-electron chi connectivity index (χ2n) is 35.7. The topological polar surface area (TPSA) is 426 Å². The van der Waals surface area contributed by atoms with Gasteiger partial charge in [0.15, 0.2) is 24.0 Å². The van der Waals surface area contributed by atoms with E-state index in [1.807, 2.05) is 32.8 Å². The summed E-state index contributed by atoms with van der Waals surface area (Å²) in [6, 6.07) is -0.328. The van der Waals surface area contributed by atoms with Gasteiger partial charge in [0, 0.05) is 138 Å². The number of aliphatic hydroxyl groups is 7. The van der Waals surface area contributed by atoms with Crippen LogP contribution < -0.4 is 20.8 Å². The van der Waals surface area contributed by atoms with Crippen LogP contribution in [0.1, 0.15) is 186 Å². The van der Waals surface area contributed by atoms with Gasteiger partial charge in [0.25, 0.3) is 11.7 Å². The third kappa shape index (κ3) is 21.7. The average Bonchev–Trinajstić information content (AvgIpc) is 1.55. The minimum Gasteiger partial charge on any atom is -0.507 e. The summed E-state index contributed by atoms with van der Waals surface area (Å²) >= 11 is 0. The number of likely N-dealkylation sites (N-methyl/N-ethyl adjacent to an activating group) is 1. The van der Waals surface area contributed by atoms with E-state index in [1.54, 1.807) is 121 Å². The van der Waals surface area contributed by atoms with E-state index in [-0.39, 0.29) is 100 Å². The number of phenols is 2. The molecule has 4 saturated heterocycles. The molecule has 0 aromatic heterocycles. The molecule has 10 N–H and O–H groups in total. The van der Waals surface area contributed by atoms with Gasteiger partial charge < -0.3 is 123 Å². The number of anilines is 1. The molecular weight excluding hydrogens is 1540 g/mol. The first-order chi connectivity index (χ1) is 55.6. The number of amides is 1. The van der Waals surface area contributed by atoms with Gasteiger partial charge >= 0.3 is 17.7 Å². The Hall–Kier alpha value is -6.41. The van der Waals surface area contributed by atoms with Crippen molar-refractivity contribution in [1.82, 2.24) is 9.80 Å². The SMILES string of the molecule is CC[C@H]1OC(=O)[C@H](C)[C@@H](OC2CC(C)(OC)C(O)C(C)O2)[C@H](C)[C@@H](OC2OC(C)CC(N(C)C)C2O)[C@](C)(O)C[C@@H](C)/C(=N\OCOCCOC)[C@H](C)[C@@H](O)[C@]1(C)O.CO[C@H]1/C=C/O[C@@]2(C)Oc3c(C)c(O)c4c(O)c(c5c(c4c3C2=O)=NC2(CCN(CC(C)C)CC2)N=5)NC(=O)/C(C)=C\C=C\[C@H](C)[C@H](O)[C@@H](C)[C@@H](O)[C@@H](C)[C@H](OC(C)=O)[C@@H]1C. The number of piperidine rings is 1. The zero-order chi connectivity index (χ0) is 88.8. The number of methoxy groups -OCH3 is 3. The Balaban J connectivity index is 0.000000297. The van der Waals surface area contributed by atoms with Gasteiger partial charge in [-0.15, -0.1) is 0 Å². The van der Waals surface area contributed by atoms with E-state index in [1.165, 1.54) is 41.3 Å². The Morgan fingerprint density at radius 1 is 0.782 bits per heavy atom. The van der Waals surface area contributed by atoms with Crippen LogP contribution in [0.15, 0.2) is 51.3 Å². The van der Waals surface area contributed by atoms with Crippen molar-refractivity contribution in [2.24, 2.45) is 68.4 Å². The first-order valence-electron chi connectivity index (χ1n) is 42.0. The first-order valence-corrected chi connectivity index (χ1v) is 42.0. The molecule has 32 nitrogen and oxygen atoms in total. The van der Waals surface area contributed by atoms with Gasteiger partial charge in [0.2, 0.25) is 6.79 Å². The summed E-state index contributed by atoms with van der Waals surface area (Å²) in [6.45, 7) is 36.8. The predicted octanol–water partition coefficient (Wildman–Crippen LogP) is 6.96. The highest BCUT2D eigenvalue weighted by Gasteiger charge is 2.56. The lowest BCUT2D eigenvalue weighted by Gasteiger charge is -2.49. The van der Waals surface area contributed by atoms with Gasteiger partial charge in [-0.25, -0.2) is 0 Å². The average molecular weight is 1680 g/mol. The summed E-state index contributed by atoms with van der Waals surface area (Å²) in [5.74, 6) is -10.6. The van der Waals surface area contributed by atoms with Crippen LogP contribution in [0.5, 0.6) is 17.2 Å². The Labute approximate surface area is 700 Å². The fourth-order valence-electron chi connectivity index (χ4n) is 18.1. The largest absolute Gasteiger partial charge is 0.507 e. The number of aromatic hydroxyl groups is 2. The number of benzene rings is 2. The van der Waals surface area contributed by atoms with Crippen molar-refractivity contribution in [3.8, 4) is 17.2 Å². The molecule has 8 unspecified atom stereocenters. The third-order valence-electron chi connectivity index (χ3n) is 25.5. The molecule has 672 valence electrons. The number of fused-ring (bicyclic) bond motifs is 1. The second kappa shape index (κ2) is 40.5. The summed E-state index contributed by atoms with van der Waals surface area (Å²) in [4.78, 5) is 75.5. The predicted molar refractivity (Wildman–Crippen MR) is 440 cm³/mol. The molecule has 2 aromatic rings. The van der Waals surface area contributed by atoms with Crippen molar-refractivity contribution < 1.29 is 127 Å². The van der Waals surface area contributed by atoms with Crippen LogP contribution in [0, 0.1) is 60.2 Å². The zero-order valence-corrected chi connectivity index (χ0v) is 74.4. The Morgan fingerprint density at radius 3 is 2.04 bits per heavy atom. The van der Waals surface area contributed by atoms with Crippen LogP contribution in [0.4, 0.5) is 5.69 Å². The fraction of sp³-hybridized carbons (Fsp3) is 0.759. The lowest BCUT2D eigenvalue weighted by atomic mass is 9.73. The molecule has 27 atom stereocenters. The van der Waals surface area contributed by atoms with E-state index in [9.17, 15) is 65.1 Å². The van der Waals surface area contributed by atoms with Crippen molar-refractivity contribution in [3.05, 3.63) is 58.0 Å². The van der Waals surface area contributed by atoms with E-state index in [4.69, 9.17) is 71.7 Å². The number of allylic oxidation sites excluding steroid dienone is 2. The Morgan fingerprint density at radius 2 is 1.44 bits per heavy atom. The van der Waals surface area contributed by atoms with Crippen LogP contribution in [0.25, 0.3) is 10.8 Å². The second-order valence-corrected chi connectivity index (χ2v) is 35.7. The summed E-state index contributed by atoms with van der Waals surface area (Å²) in [7, 11) is 8.23. The summed E-state index contributed by atoms with van der Waals surface area (Å²) in [6.07, 6.45) is -4.46. The summed E-state index contributed by atoms with van der Waals surface area (Å²) in [5, 5.41) is 114. The number of hydrogen-bond donors (Lipinski definition) is 10. The number of likely N-dealkylation sites (tertiary alicyclic amines) is 1. The number of carbonyl (C=O) groups is 4. The Bertz CT molecular complexity index is 4090. The van der Waals surface area contributed by atoms with E-state index in [2.05, 4.69) is 29.2 Å². The normalized spacial score (nSPS) is 39.1. The molecular formula is C87H138N6O26. The number of nitrogens with zero attached hydrogens (tertiary/aromatic N) is 5. The van der Waals surface area contributed by atoms with Gasteiger partial charge in [-0.3, -0.25) is 29.2 Å². The number of ether oxygens (including phenoxy) is 12. The molecule has 7 heterocycles. The number of cyclic esters (lactones) is 1. The number of esters is 2. The molecule has 9 rings (SSSR count).